The second-order valence-corrected chi connectivity index (χ2v) is 8.90. The molecule has 4 nitrogen and oxygen atoms in total. The molecule has 4 heteroatoms. The number of nitrogens with zero attached hydrogens (tertiary/aromatic N) is 1. The summed E-state index contributed by atoms with van der Waals surface area (Å²) in [6.07, 6.45) is 16.7. The standard InChI is InChI=1S/C22H34N2O2/c1-2-17(8-16-6-4-3-5-7-16)20-9-21(20)23-18-10-22(11-18)14-24(15-22)19(12-25)13-26/h4,6-8,18-21,23,25-26H,2-3,5,9-15H2,1H3/b17-8+/t20-,21?/m0/s1. The Bertz CT molecular complexity index is 591. The average Bonchev–Trinajstić information content (AvgIpc) is 3.36. The van der Waals surface area contributed by atoms with Crippen molar-refractivity contribution < 1.29 is 10.2 Å². The van der Waals surface area contributed by atoms with E-state index in [0.717, 1.165) is 25.4 Å². The van der Waals surface area contributed by atoms with Crippen molar-refractivity contribution in [1.29, 1.82) is 0 Å². The van der Waals surface area contributed by atoms with E-state index in [4.69, 9.17) is 0 Å². The lowest BCUT2D eigenvalue weighted by Gasteiger charge is -2.61. The van der Waals surface area contributed by atoms with Gasteiger partial charge in [0.25, 0.3) is 0 Å². The fourth-order valence-corrected chi connectivity index (χ4v) is 5.24. The molecule has 0 bridgehead atoms. The monoisotopic (exact) mass is 358 g/mol. The summed E-state index contributed by atoms with van der Waals surface area (Å²) in [6.45, 7) is 4.51. The molecule has 3 aliphatic carbocycles. The van der Waals surface area contributed by atoms with E-state index in [1.807, 2.05) is 0 Å². The van der Waals surface area contributed by atoms with E-state index < -0.39 is 0 Å². The highest BCUT2D eigenvalue weighted by atomic mass is 16.3. The van der Waals surface area contributed by atoms with Crippen LogP contribution in [0.25, 0.3) is 0 Å². The second kappa shape index (κ2) is 7.59. The van der Waals surface area contributed by atoms with Gasteiger partial charge in [0.15, 0.2) is 0 Å². The molecule has 0 aromatic rings. The van der Waals surface area contributed by atoms with Gasteiger partial charge < -0.3 is 15.5 Å². The SMILES string of the molecule is CC/C(=C\C1=CCCC=C1)[C@@H]1CC1NC1CC2(C1)CN(C(CO)CO)C2. The topological polar surface area (TPSA) is 55.7 Å². The van der Waals surface area contributed by atoms with E-state index in [9.17, 15) is 10.2 Å². The van der Waals surface area contributed by atoms with Gasteiger partial charge >= 0.3 is 0 Å². The minimum absolute atomic E-state index is 0.0548. The lowest BCUT2D eigenvalue weighted by Crippen LogP contribution is -2.69. The van der Waals surface area contributed by atoms with Crippen LogP contribution in [0.2, 0.25) is 0 Å². The molecule has 144 valence electrons. The Hall–Kier alpha value is -0.940. The van der Waals surface area contributed by atoms with Crippen LogP contribution in [-0.4, -0.2) is 59.5 Å². The molecule has 26 heavy (non-hydrogen) atoms. The highest BCUT2D eigenvalue weighted by Crippen LogP contribution is 2.50. The normalized spacial score (nSPS) is 31.1. The lowest BCUT2D eigenvalue weighted by atomic mass is 9.60. The number of nitrogens with one attached hydrogen (secondary N) is 1. The van der Waals surface area contributed by atoms with Crippen molar-refractivity contribution in [1.82, 2.24) is 10.2 Å². The third-order valence-electron chi connectivity index (χ3n) is 6.87. The minimum atomic E-state index is -0.0548. The highest BCUT2D eigenvalue weighted by molar-refractivity contribution is 5.37. The first-order valence-electron chi connectivity index (χ1n) is 10.5. The van der Waals surface area contributed by atoms with Gasteiger partial charge in [-0.1, -0.05) is 36.8 Å². The van der Waals surface area contributed by atoms with Crippen LogP contribution in [0.4, 0.5) is 0 Å². The quantitative estimate of drug-likeness (QED) is 0.624. The number of rotatable bonds is 8. The molecule has 1 aliphatic heterocycles. The van der Waals surface area contributed by atoms with Crippen LogP contribution in [0.15, 0.2) is 35.5 Å². The molecule has 1 heterocycles. The first-order valence-corrected chi connectivity index (χ1v) is 10.5. The molecule has 4 rings (SSSR count). The van der Waals surface area contributed by atoms with Crippen molar-refractivity contribution in [2.45, 2.75) is 63.6 Å². The van der Waals surface area contributed by atoms with E-state index in [1.54, 1.807) is 5.57 Å². The molecule has 4 aliphatic rings. The maximum absolute atomic E-state index is 9.30. The van der Waals surface area contributed by atoms with Gasteiger partial charge in [-0.05, 0) is 55.4 Å². The van der Waals surface area contributed by atoms with Crippen molar-refractivity contribution in [3.8, 4) is 0 Å². The van der Waals surface area contributed by atoms with Crippen molar-refractivity contribution >= 4 is 0 Å². The zero-order valence-electron chi connectivity index (χ0n) is 16.0. The first kappa shape index (κ1) is 18.4. The predicted octanol–water partition coefficient (Wildman–Crippen LogP) is 2.39. The number of aliphatic hydroxyl groups is 2. The molecule has 0 amide bonds. The van der Waals surface area contributed by atoms with Gasteiger partial charge in [-0.3, -0.25) is 4.90 Å². The second-order valence-electron chi connectivity index (χ2n) is 8.90. The summed E-state index contributed by atoms with van der Waals surface area (Å²) < 4.78 is 0. The zero-order chi connectivity index (χ0) is 18.1. The predicted molar refractivity (Wildman–Crippen MR) is 105 cm³/mol. The summed E-state index contributed by atoms with van der Waals surface area (Å²) in [4.78, 5) is 2.24. The van der Waals surface area contributed by atoms with Crippen LogP contribution < -0.4 is 5.32 Å². The van der Waals surface area contributed by atoms with Crippen molar-refractivity contribution in [2.24, 2.45) is 11.3 Å². The molecule has 1 spiro atoms. The maximum atomic E-state index is 9.30. The van der Waals surface area contributed by atoms with Gasteiger partial charge in [-0.15, -0.1) is 0 Å². The van der Waals surface area contributed by atoms with Crippen LogP contribution in [0.3, 0.4) is 0 Å². The highest BCUT2D eigenvalue weighted by Gasteiger charge is 2.54. The summed E-state index contributed by atoms with van der Waals surface area (Å²) in [5.41, 5.74) is 3.47. The molecule has 1 saturated heterocycles. The van der Waals surface area contributed by atoms with Crippen LogP contribution >= 0.6 is 0 Å². The molecular weight excluding hydrogens is 324 g/mol. The number of aliphatic hydroxyl groups excluding tert-OH is 2. The summed E-state index contributed by atoms with van der Waals surface area (Å²) in [5.74, 6) is 0.735. The smallest absolute Gasteiger partial charge is 0.0609 e. The Morgan fingerprint density at radius 1 is 1.31 bits per heavy atom. The fourth-order valence-electron chi connectivity index (χ4n) is 5.24. The first-order chi connectivity index (χ1) is 12.7. The summed E-state index contributed by atoms with van der Waals surface area (Å²) in [5, 5.41) is 22.5. The molecule has 2 saturated carbocycles. The molecule has 1 unspecified atom stereocenters. The fraction of sp³-hybridized carbons (Fsp3) is 0.727. The van der Waals surface area contributed by atoms with E-state index in [2.05, 4.69) is 41.4 Å². The van der Waals surface area contributed by atoms with Crippen molar-refractivity contribution in [2.75, 3.05) is 26.3 Å². The molecule has 0 aromatic carbocycles. The Kier molecular flexibility index (Phi) is 5.38. The largest absolute Gasteiger partial charge is 0.395 e. The van der Waals surface area contributed by atoms with Crippen molar-refractivity contribution in [3.63, 3.8) is 0 Å². The summed E-state index contributed by atoms with van der Waals surface area (Å²) in [7, 11) is 0. The third-order valence-corrected chi connectivity index (χ3v) is 6.87. The maximum Gasteiger partial charge on any atom is 0.0609 e. The summed E-state index contributed by atoms with van der Waals surface area (Å²) in [6, 6.07) is 1.29. The van der Waals surface area contributed by atoms with Crippen LogP contribution in [0.1, 0.15) is 45.4 Å². The van der Waals surface area contributed by atoms with E-state index in [1.165, 1.54) is 37.7 Å². The molecule has 2 atom stereocenters. The van der Waals surface area contributed by atoms with Gasteiger partial charge in [-0.2, -0.15) is 0 Å². The van der Waals surface area contributed by atoms with Crippen molar-refractivity contribution in [3.05, 3.63) is 35.5 Å². The number of likely N-dealkylation sites (tertiary alicyclic amines) is 1. The molecule has 0 radical (unpaired) electrons. The Labute approximate surface area is 157 Å². The molecule has 3 N–H and O–H groups in total. The number of hydrogen-bond acceptors (Lipinski definition) is 4. The van der Waals surface area contributed by atoms with Gasteiger partial charge in [-0.25, -0.2) is 0 Å². The van der Waals surface area contributed by atoms with Gasteiger partial charge in [0.1, 0.15) is 0 Å². The van der Waals surface area contributed by atoms with Crippen LogP contribution in [0.5, 0.6) is 0 Å². The molecule has 3 fully saturated rings. The van der Waals surface area contributed by atoms with Crippen LogP contribution in [-0.2, 0) is 0 Å². The van der Waals surface area contributed by atoms with E-state index in [0.29, 0.717) is 17.5 Å². The number of hydrogen-bond donors (Lipinski definition) is 3. The summed E-state index contributed by atoms with van der Waals surface area (Å²) >= 11 is 0. The van der Waals surface area contributed by atoms with Crippen LogP contribution in [0, 0.1) is 11.3 Å². The Balaban J connectivity index is 1.21. The molecule has 0 aromatic heterocycles. The van der Waals surface area contributed by atoms with E-state index >= 15 is 0 Å². The Morgan fingerprint density at radius 3 is 2.69 bits per heavy atom. The van der Waals surface area contributed by atoms with E-state index in [-0.39, 0.29) is 19.3 Å². The zero-order valence-corrected chi connectivity index (χ0v) is 16.0. The third kappa shape index (κ3) is 3.70. The molecular formula is C22H34N2O2. The minimum Gasteiger partial charge on any atom is -0.395 e. The lowest BCUT2D eigenvalue weighted by molar-refractivity contribution is -0.115. The Morgan fingerprint density at radius 2 is 2.08 bits per heavy atom. The average molecular weight is 359 g/mol. The van der Waals surface area contributed by atoms with Gasteiger partial charge in [0.2, 0.25) is 0 Å². The van der Waals surface area contributed by atoms with Gasteiger partial charge in [0, 0.05) is 25.2 Å². The number of allylic oxidation sites excluding steroid dienone is 5. The van der Waals surface area contributed by atoms with Gasteiger partial charge in [0.05, 0.1) is 19.3 Å².